The van der Waals surface area contributed by atoms with E-state index in [1.165, 1.54) is 6.33 Å². The first-order valence-corrected chi connectivity index (χ1v) is 14.7. The van der Waals surface area contributed by atoms with Gasteiger partial charge in [-0.25, -0.2) is 0 Å². The minimum atomic E-state index is -3.21. The van der Waals surface area contributed by atoms with Crippen LogP contribution in [-0.2, 0) is 11.2 Å². The summed E-state index contributed by atoms with van der Waals surface area (Å²) in [6.07, 6.45) is 3.54. The molecule has 158 valence electrons. The van der Waals surface area contributed by atoms with E-state index in [-0.39, 0.29) is 5.78 Å². The van der Waals surface area contributed by atoms with Crippen molar-refractivity contribution in [3.63, 3.8) is 0 Å². The summed E-state index contributed by atoms with van der Waals surface area (Å²) in [4.78, 5) is 17.5. The van der Waals surface area contributed by atoms with Crippen molar-refractivity contribution in [2.45, 2.75) is 19.3 Å². The van der Waals surface area contributed by atoms with Crippen LogP contribution in [0.4, 0.5) is 0 Å². The molecule has 0 spiro atoms. The number of ketones is 1. The molecule has 0 bridgehead atoms. The van der Waals surface area contributed by atoms with Gasteiger partial charge in [0.1, 0.15) is 0 Å². The Morgan fingerprint density at radius 3 is 1.71 bits per heavy atom. The summed E-state index contributed by atoms with van der Waals surface area (Å²) in [6.45, 7) is 0. The molecule has 4 aromatic rings. The van der Waals surface area contributed by atoms with Crippen LogP contribution in [0.1, 0.15) is 18.7 Å². The zero-order valence-corrected chi connectivity index (χ0v) is 19.6. The average molecular weight is 495 g/mol. The first kappa shape index (κ1) is 21.6. The van der Waals surface area contributed by atoms with Crippen LogP contribution in [-0.4, -0.2) is 22.1 Å². The number of aryl methyl sites for hydroxylation is 1. The van der Waals surface area contributed by atoms with Gasteiger partial charge in [-0.15, -0.1) is 0 Å². The summed E-state index contributed by atoms with van der Waals surface area (Å²) < 4.78 is 5.07. The summed E-state index contributed by atoms with van der Waals surface area (Å²) in [5, 5.41) is 3.88. The molecule has 0 aliphatic rings. The van der Waals surface area contributed by atoms with Crippen molar-refractivity contribution in [2.24, 2.45) is 0 Å². The number of Topliss-reactive ketones (excluding diaryl/α,β-unsaturated/α-hetero) is 1. The molecule has 1 heterocycles. The maximum atomic E-state index is 13.4. The molecule has 0 atom stereocenters. The molecule has 3 aromatic carbocycles. The summed E-state index contributed by atoms with van der Waals surface area (Å²) >= 11 is 4.32. The van der Waals surface area contributed by atoms with E-state index < -0.39 is 5.31 Å². The molecule has 6 heteroatoms. The summed E-state index contributed by atoms with van der Waals surface area (Å²) in [6, 6.07) is 31.1. The van der Waals surface area contributed by atoms with E-state index in [1.54, 1.807) is 0 Å². The third-order valence-electron chi connectivity index (χ3n) is 5.61. The van der Waals surface area contributed by atoms with Crippen LogP contribution >= 0.6 is 20.8 Å². The first-order valence-electron chi connectivity index (χ1n) is 10.3. The van der Waals surface area contributed by atoms with Crippen LogP contribution < -0.4 is 15.9 Å². The Balaban J connectivity index is 1.77. The van der Waals surface area contributed by atoms with Crippen LogP contribution in [0.3, 0.4) is 0 Å². The molecule has 0 saturated heterocycles. The van der Waals surface area contributed by atoms with Crippen molar-refractivity contribution in [1.82, 2.24) is 10.1 Å². The van der Waals surface area contributed by atoms with E-state index in [4.69, 9.17) is 4.52 Å². The molecule has 0 unspecified atom stereocenters. The average Bonchev–Trinajstić information content (AvgIpc) is 3.34. The SMILES string of the molecule is O=C(CCCc1ncno1)CP(Br)(c1ccccc1)(c1ccccc1)c1ccccc1. The van der Waals surface area contributed by atoms with E-state index in [2.05, 4.69) is 62.0 Å². The summed E-state index contributed by atoms with van der Waals surface area (Å²) in [5.41, 5.74) is 0. The van der Waals surface area contributed by atoms with Gasteiger partial charge in [-0.05, 0) is 0 Å². The number of halogens is 1. The Labute approximate surface area is 190 Å². The molecule has 0 aliphatic heterocycles. The van der Waals surface area contributed by atoms with Gasteiger partial charge in [-0.3, -0.25) is 0 Å². The topological polar surface area (TPSA) is 56.0 Å². The van der Waals surface area contributed by atoms with Gasteiger partial charge in [0.05, 0.1) is 0 Å². The molecular formula is C25H24BrN2O2P. The van der Waals surface area contributed by atoms with Gasteiger partial charge >= 0.3 is 191 Å². The molecule has 0 radical (unpaired) electrons. The molecular weight excluding hydrogens is 471 g/mol. The fourth-order valence-corrected chi connectivity index (χ4v) is 11.7. The third kappa shape index (κ3) is 4.26. The molecule has 0 fully saturated rings. The fraction of sp³-hybridized carbons (Fsp3) is 0.160. The Hall–Kier alpha value is -2.62. The number of hydrogen-bond acceptors (Lipinski definition) is 4. The van der Waals surface area contributed by atoms with Gasteiger partial charge in [0.15, 0.2) is 0 Å². The molecule has 0 saturated carbocycles. The number of carbonyl (C=O) groups excluding carboxylic acids is 1. The van der Waals surface area contributed by atoms with Crippen LogP contribution in [0.25, 0.3) is 0 Å². The Morgan fingerprint density at radius 2 is 1.29 bits per heavy atom. The van der Waals surface area contributed by atoms with Gasteiger partial charge in [0.25, 0.3) is 0 Å². The van der Waals surface area contributed by atoms with E-state index >= 15 is 0 Å². The molecule has 0 amide bonds. The second-order valence-electron chi connectivity index (χ2n) is 7.57. The number of nitrogens with zero attached hydrogens (tertiary/aromatic N) is 2. The zero-order chi connectivity index (χ0) is 21.6. The molecule has 4 nitrogen and oxygen atoms in total. The predicted molar refractivity (Wildman–Crippen MR) is 131 cm³/mol. The normalized spacial score (nSPS) is 12.7. The zero-order valence-electron chi connectivity index (χ0n) is 17.1. The van der Waals surface area contributed by atoms with Gasteiger partial charge in [0.2, 0.25) is 0 Å². The summed E-state index contributed by atoms with van der Waals surface area (Å²) in [7, 11) is 0. The van der Waals surface area contributed by atoms with E-state index in [1.807, 2.05) is 54.6 Å². The van der Waals surface area contributed by atoms with Crippen molar-refractivity contribution >= 4 is 42.5 Å². The maximum absolute atomic E-state index is 13.4. The number of rotatable bonds is 9. The van der Waals surface area contributed by atoms with Gasteiger partial charge in [-0.2, -0.15) is 0 Å². The number of hydrogen-bond donors (Lipinski definition) is 0. The number of carbonyl (C=O) groups is 1. The number of aromatic nitrogens is 2. The van der Waals surface area contributed by atoms with Crippen molar-refractivity contribution in [1.29, 1.82) is 0 Å². The van der Waals surface area contributed by atoms with Crippen molar-refractivity contribution in [3.8, 4) is 0 Å². The second-order valence-corrected chi connectivity index (χ2v) is 16.5. The standard InChI is InChI=1S/C25H24BrN2O2P/c26-31(22-12-4-1-5-13-22,23-14-6-2-7-15-23,24-16-8-3-9-17-24)19-21(29)11-10-18-25-27-20-28-30-25/h1-9,12-17,20H,10-11,18-19H2. The second kappa shape index (κ2) is 9.25. The van der Waals surface area contributed by atoms with Crippen molar-refractivity contribution < 1.29 is 9.32 Å². The first-order chi connectivity index (χ1) is 15.1. The minimum absolute atomic E-state index is 0.214. The monoisotopic (exact) mass is 494 g/mol. The Morgan fingerprint density at radius 1 is 0.806 bits per heavy atom. The Bertz CT molecular complexity index is 1020. The van der Waals surface area contributed by atoms with Crippen LogP contribution in [0.2, 0.25) is 0 Å². The molecule has 4 rings (SSSR count). The van der Waals surface area contributed by atoms with Gasteiger partial charge in [0, 0.05) is 0 Å². The van der Waals surface area contributed by atoms with Crippen molar-refractivity contribution in [3.05, 3.63) is 103 Å². The van der Waals surface area contributed by atoms with Crippen LogP contribution in [0, 0.1) is 0 Å². The molecule has 1 aromatic heterocycles. The molecule has 0 aliphatic carbocycles. The quantitative estimate of drug-likeness (QED) is 0.313. The summed E-state index contributed by atoms with van der Waals surface area (Å²) in [5.74, 6) is 0.781. The van der Waals surface area contributed by atoms with E-state index in [0.29, 0.717) is 31.3 Å². The molecule has 0 N–H and O–H groups in total. The fourth-order valence-electron chi connectivity index (χ4n) is 4.09. The van der Waals surface area contributed by atoms with E-state index in [9.17, 15) is 4.79 Å². The van der Waals surface area contributed by atoms with Crippen molar-refractivity contribution in [2.75, 3.05) is 6.16 Å². The van der Waals surface area contributed by atoms with Gasteiger partial charge < -0.3 is 0 Å². The third-order valence-corrected chi connectivity index (χ3v) is 15.1. The van der Waals surface area contributed by atoms with Crippen LogP contribution in [0.5, 0.6) is 0 Å². The molecule has 31 heavy (non-hydrogen) atoms. The number of benzene rings is 3. The van der Waals surface area contributed by atoms with E-state index in [0.717, 1.165) is 15.9 Å². The van der Waals surface area contributed by atoms with Crippen LogP contribution in [0.15, 0.2) is 102 Å². The van der Waals surface area contributed by atoms with Gasteiger partial charge in [-0.1, -0.05) is 0 Å². The predicted octanol–water partition coefficient (Wildman–Crippen LogP) is 4.80. The Kier molecular flexibility index (Phi) is 6.45.